The number of hydrogen-bond acceptors (Lipinski definition) is 6. The van der Waals surface area contributed by atoms with Crippen LogP contribution in [0.5, 0.6) is 11.5 Å². The number of carbonyl (C=O) groups is 1. The summed E-state index contributed by atoms with van der Waals surface area (Å²) in [5.41, 5.74) is 7.45. The minimum absolute atomic E-state index is 0.0952. The summed E-state index contributed by atoms with van der Waals surface area (Å²) in [6, 6.07) is 11.7. The Morgan fingerprint density at radius 3 is 2.82 bits per heavy atom. The fourth-order valence-electron chi connectivity index (χ4n) is 3.66. The maximum Gasteiger partial charge on any atom is 0.251 e. The van der Waals surface area contributed by atoms with Gasteiger partial charge in [-0.25, -0.2) is 18.8 Å². The maximum absolute atomic E-state index is 14.1. The monoisotopic (exact) mass is 460 g/mol. The molecule has 3 N–H and O–H groups in total. The summed E-state index contributed by atoms with van der Waals surface area (Å²) in [5, 5.41) is 3.21. The maximum atomic E-state index is 14.1. The Bertz CT molecular complexity index is 1500. The van der Waals surface area contributed by atoms with Gasteiger partial charge in [-0.1, -0.05) is 18.7 Å². The van der Waals surface area contributed by atoms with Crippen molar-refractivity contribution in [2.75, 3.05) is 11.9 Å². The Kier molecular flexibility index (Phi) is 5.25. The lowest BCUT2D eigenvalue weighted by Gasteiger charge is -2.17. The fraction of sp³-hybridized carbons (Fsp3) is 0.0833. The van der Waals surface area contributed by atoms with E-state index in [1.807, 2.05) is 4.57 Å². The second-order valence-electron chi connectivity index (χ2n) is 7.57. The summed E-state index contributed by atoms with van der Waals surface area (Å²) >= 11 is 0. The van der Waals surface area contributed by atoms with Gasteiger partial charge < -0.3 is 20.4 Å². The molecule has 0 atom stereocenters. The first-order valence-electron chi connectivity index (χ1n) is 10.3. The number of anilines is 1. The molecule has 0 aromatic heterocycles. The number of nitrogens with two attached hydrogens (primary N) is 1. The van der Waals surface area contributed by atoms with Gasteiger partial charge in [-0.2, -0.15) is 4.98 Å². The first-order chi connectivity index (χ1) is 16.4. The summed E-state index contributed by atoms with van der Waals surface area (Å²) in [6.07, 6.45) is 1.59. The van der Waals surface area contributed by atoms with Gasteiger partial charge in [0, 0.05) is 36.5 Å². The van der Waals surface area contributed by atoms with Crippen molar-refractivity contribution in [1.29, 1.82) is 0 Å². The van der Waals surface area contributed by atoms with Crippen molar-refractivity contribution in [3.63, 3.8) is 0 Å². The number of nitrogens with zero attached hydrogens (tertiary/aromatic N) is 4. The normalized spacial score (nSPS) is 12.9. The predicted molar refractivity (Wildman–Crippen MR) is 121 cm³/mol. The third-order valence-corrected chi connectivity index (χ3v) is 5.29. The number of amides is 1. The zero-order chi connectivity index (χ0) is 23.8. The number of benzene rings is 2. The topological polar surface area (TPSA) is 107 Å². The quantitative estimate of drug-likeness (QED) is 0.443. The molecule has 170 valence electrons. The third kappa shape index (κ3) is 3.96. The van der Waals surface area contributed by atoms with Crippen LogP contribution in [0.3, 0.4) is 0 Å². The SMILES string of the molecule is C=C(C(N)=O)c1cccc(N=c2ncc3cc(Oc4ccc(F)cc4F)c4n(c-3n2)CCN4)c1. The van der Waals surface area contributed by atoms with E-state index in [2.05, 4.69) is 26.9 Å². The minimum atomic E-state index is -0.802. The Labute approximate surface area is 192 Å². The molecule has 0 bridgehead atoms. The number of primary amides is 1. The van der Waals surface area contributed by atoms with Gasteiger partial charge >= 0.3 is 0 Å². The lowest BCUT2D eigenvalue weighted by Crippen LogP contribution is -2.17. The summed E-state index contributed by atoms with van der Waals surface area (Å²) in [5.74, 6) is -0.612. The number of carbonyl (C=O) groups excluding carboxylic acids is 1. The molecule has 10 heteroatoms. The van der Waals surface area contributed by atoms with Crippen LogP contribution in [0.1, 0.15) is 5.56 Å². The van der Waals surface area contributed by atoms with Crippen molar-refractivity contribution < 1.29 is 18.3 Å². The van der Waals surface area contributed by atoms with Gasteiger partial charge in [0.1, 0.15) is 11.6 Å². The van der Waals surface area contributed by atoms with Crippen LogP contribution >= 0.6 is 0 Å². The molecule has 0 unspecified atom stereocenters. The van der Waals surface area contributed by atoms with Crippen molar-refractivity contribution in [3.05, 3.63) is 84.1 Å². The van der Waals surface area contributed by atoms with Crippen molar-refractivity contribution in [3.8, 4) is 22.9 Å². The number of aromatic nitrogens is 3. The zero-order valence-corrected chi connectivity index (χ0v) is 17.8. The van der Waals surface area contributed by atoms with Crippen molar-refractivity contribution in [2.24, 2.45) is 10.7 Å². The van der Waals surface area contributed by atoms with Gasteiger partial charge in [0.2, 0.25) is 5.91 Å². The zero-order valence-electron chi connectivity index (χ0n) is 17.8. The predicted octanol–water partition coefficient (Wildman–Crippen LogP) is 3.61. The van der Waals surface area contributed by atoms with Gasteiger partial charge in [-0.05, 0) is 35.9 Å². The highest BCUT2D eigenvalue weighted by Gasteiger charge is 2.23. The molecule has 2 aromatic carbocycles. The highest BCUT2D eigenvalue weighted by Crippen LogP contribution is 2.38. The largest absolute Gasteiger partial charge is 0.450 e. The first kappa shape index (κ1) is 21.3. The van der Waals surface area contributed by atoms with E-state index >= 15 is 0 Å². The van der Waals surface area contributed by atoms with Crippen molar-refractivity contribution in [1.82, 2.24) is 14.5 Å². The van der Waals surface area contributed by atoms with Crippen LogP contribution < -0.4 is 21.4 Å². The Morgan fingerprint density at radius 1 is 1.18 bits per heavy atom. The van der Waals surface area contributed by atoms with Gasteiger partial charge in [-0.15, -0.1) is 0 Å². The average molecular weight is 460 g/mol. The van der Waals surface area contributed by atoms with Crippen molar-refractivity contribution in [2.45, 2.75) is 6.54 Å². The van der Waals surface area contributed by atoms with E-state index in [0.717, 1.165) is 12.1 Å². The van der Waals surface area contributed by atoms with Crippen LogP contribution in [0, 0.1) is 11.6 Å². The van der Waals surface area contributed by atoms with E-state index in [9.17, 15) is 13.6 Å². The van der Waals surface area contributed by atoms with Crippen LogP contribution in [-0.2, 0) is 11.3 Å². The molecular weight excluding hydrogens is 442 g/mol. The van der Waals surface area contributed by atoms with E-state index < -0.39 is 17.5 Å². The van der Waals surface area contributed by atoms with Crippen molar-refractivity contribution >= 4 is 23.0 Å². The fourth-order valence-corrected chi connectivity index (χ4v) is 3.66. The smallest absolute Gasteiger partial charge is 0.251 e. The number of rotatable bonds is 5. The molecule has 0 radical (unpaired) electrons. The number of nitrogens with one attached hydrogen (secondary N) is 1. The molecular formula is C24H18F2N6O2. The lowest BCUT2D eigenvalue weighted by molar-refractivity contribution is -0.112. The standard InChI is InChI=1S/C24H18F2N6O2/c1-13(21(27)33)14-3-2-4-17(9-14)30-24-29-12-15-10-20(23-28-7-8-32(23)22(15)31-24)34-19-6-5-16(25)11-18(19)26/h2-6,9-12,28H,1,7-8H2,(H2,27,33). The van der Waals surface area contributed by atoms with Gasteiger partial charge in [0.05, 0.1) is 5.69 Å². The van der Waals surface area contributed by atoms with Gasteiger partial charge in [-0.3, -0.25) is 4.79 Å². The molecule has 8 nitrogen and oxygen atoms in total. The molecule has 3 aliphatic heterocycles. The van der Waals surface area contributed by atoms with Gasteiger partial charge in [0.25, 0.3) is 5.62 Å². The van der Waals surface area contributed by atoms with Crippen LogP contribution in [0.25, 0.3) is 17.0 Å². The number of fused-ring (bicyclic) bond motifs is 3. The van der Waals surface area contributed by atoms with E-state index in [4.69, 9.17) is 10.5 Å². The lowest BCUT2D eigenvalue weighted by atomic mass is 10.1. The Balaban J connectivity index is 1.56. The minimum Gasteiger partial charge on any atom is -0.450 e. The van der Waals surface area contributed by atoms with Crippen LogP contribution in [0.2, 0.25) is 0 Å². The Hall–Kier alpha value is -4.60. The first-order valence-corrected chi connectivity index (χ1v) is 10.3. The molecule has 2 aromatic rings. The molecule has 5 rings (SSSR count). The molecule has 1 amide bonds. The molecule has 34 heavy (non-hydrogen) atoms. The molecule has 0 spiro atoms. The van der Waals surface area contributed by atoms with Gasteiger partial charge in [0.15, 0.2) is 23.1 Å². The van der Waals surface area contributed by atoms with E-state index in [1.165, 1.54) is 6.07 Å². The number of hydrogen-bond donors (Lipinski definition) is 2. The molecule has 0 saturated carbocycles. The van der Waals surface area contributed by atoms with Crippen LogP contribution in [-0.4, -0.2) is 27.0 Å². The summed E-state index contributed by atoms with van der Waals surface area (Å²) < 4.78 is 35.0. The average Bonchev–Trinajstić information content (AvgIpc) is 3.31. The molecule has 0 fully saturated rings. The van der Waals surface area contributed by atoms with Crippen LogP contribution in [0.4, 0.5) is 20.3 Å². The third-order valence-electron chi connectivity index (χ3n) is 5.29. The second kappa shape index (κ2) is 8.39. The highest BCUT2D eigenvalue weighted by molar-refractivity contribution is 6.18. The van der Waals surface area contributed by atoms with E-state index in [0.29, 0.717) is 47.3 Å². The van der Waals surface area contributed by atoms with E-state index in [1.54, 1.807) is 36.5 Å². The van der Waals surface area contributed by atoms with E-state index in [-0.39, 0.29) is 16.9 Å². The molecule has 0 aliphatic carbocycles. The molecule has 3 aliphatic rings. The number of ether oxygens (including phenoxy) is 1. The molecule has 0 saturated heterocycles. The summed E-state index contributed by atoms with van der Waals surface area (Å²) in [4.78, 5) is 24.8. The van der Waals surface area contributed by atoms with Crippen LogP contribution in [0.15, 0.2) is 66.3 Å². The number of pyridine rings is 1. The second-order valence-corrected chi connectivity index (χ2v) is 7.57. The Morgan fingerprint density at radius 2 is 2.03 bits per heavy atom. The molecule has 3 heterocycles. The summed E-state index contributed by atoms with van der Waals surface area (Å²) in [6.45, 7) is 4.91. The highest BCUT2D eigenvalue weighted by atomic mass is 19.1. The summed E-state index contributed by atoms with van der Waals surface area (Å²) in [7, 11) is 0. The number of halogens is 2.